The van der Waals surface area contributed by atoms with Gasteiger partial charge in [0.15, 0.2) is 0 Å². The van der Waals surface area contributed by atoms with Gasteiger partial charge in [0.1, 0.15) is 0 Å². The predicted molar refractivity (Wildman–Crippen MR) is 77.2 cm³/mol. The molecule has 1 atom stereocenters. The maximum Gasteiger partial charge on any atom is 0.0465 e. The first kappa shape index (κ1) is 10.2. The average molecular weight is 235 g/mol. The summed E-state index contributed by atoms with van der Waals surface area (Å²) in [6, 6.07) is 13.2. The molecule has 0 amide bonds. The second kappa shape index (κ2) is 3.61. The molecule has 18 heavy (non-hydrogen) atoms. The fraction of sp³-hybridized carbons (Fsp3) is 0.294. The molecular formula is C17H17N. The number of fused-ring (bicyclic) bond motifs is 5. The van der Waals surface area contributed by atoms with Gasteiger partial charge in [-0.1, -0.05) is 37.3 Å². The summed E-state index contributed by atoms with van der Waals surface area (Å²) in [6.07, 6.45) is 3.87. The van der Waals surface area contributed by atoms with Crippen LogP contribution in [0.25, 0.3) is 21.7 Å². The molecule has 1 aliphatic rings. The number of hydrogen-bond acceptors (Lipinski definition) is 0. The number of rotatable bonds is 0. The molecule has 4 rings (SSSR count). The molecule has 0 bridgehead atoms. The summed E-state index contributed by atoms with van der Waals surface area (Å²) in [5.41, 5.74) is 4.36. The molecule has 1 heterocycles. The van der Waals surface area contributed by atoms with E-state index in [0.29, 0.717) is 5.92 Å². The minimum atomic E-state index is 0.680. The van der Waals surface area contributed by atoms with Crippen LogP contribution in [0.5, 0.6) is 0 Å². The number of benzene rings is 2. The summed E-state index contributed by atoms with van der Waals surface area (Å²) < 4.78 is 0. The lowest BCUT2D eigenvalue weighted by atomic mass is 9.87. The van der Waals surface area contributed by atoms with Crippen LogP contribution in [0.2, 0.25) is 0 Å². The molecule has 1 heteroatoms. The lowest BCUT2D eigenvalue weighted by Gasteiger charge is -2.18. The van der Waals surface area contributed by atoms with Gasteiger partial charge in [0.25, 0.3) is 0 Å². The second-order valence-electron chi connectivity index (χ2n) is 5.52. The highest BCUT2D eigenvalue weighted by Gasteiger charge is 2.21. The van der Waals surface area contributed by atoms with Gasteiger partial charge in [0, 0.05) is 16.6 Å². The van der Waals surface area contributed by atoms with Gasteiger partial charge >= 0.3 is 0 Å². The van der Waals surface area contributed by atoms with Gasteiger partial charge in [-0.05, 0) is 47.6 Å². The quantitative estimate of drug-likeness (QED) is 0.578. The maximum atomic E-state index is 3.66. The first-order valence-electron chi connectivity index (χ1n) is 6.87. The highest BCUT2D eigenvalue weighted by molar-refractivity contribution is 6.08. The third kappa shape index (κ3) is 1.28. The molecule has 1 nitrogen and oxygen atoms in total. The Morgan fingerprint density at radius 1 is 1.11 bits per heavy atom. The molecular weight excluding hydrogens is 218 g/mol. The molecule has 0 spiro atoms. The van der Waals surface area contributed by atoms with Crippen molar-refractivity contribution in [1.29, 1.82) is 0 Å². The highest BCUT2D eigenvalue weighted by atomic mass is 14.7. The third-order valence-electron chi connectivity index (χ3n) is 4.38. The predicted octanol–water partition coefficient (Wildman–Crippen LogP) is 4.76. The molecule has 1 aliphatic carbocycles. The fourth-order valence-corrected chi connectivity index (χ4v) is 3.47. The van der Waals surface area contributed by atoms with E-state index in [0.717, 1.165) is 0 Å². The number of aromatic amines is 1. The topological polar surface area (TPSA) is 15.8 Å². The van der Waals surface area contributed by atoms with E-state index < -0.39 is 0 Å². The van der Waals surface area contributed by atoms with Gasteiger partial charge in [0.05, 0.1) is 0 Å². The van der Waals surface area contributed by atoms with Crippen molar-refractivity contribution < 1.29 is 0 Å². The minimum absolute atomic E-state index is 0.680. The molecule has 0 aliphatic heterocycles. The molecule has 0 saturated heterocycles. The molecule has 0 radical (unpaired) electrons. The fourth-order valence-electron chi connectivity index (χ4n) is 3.47. The van der Waals surface area contributed by atoms with Crippen molar-refractivity contribution in [2.24, 2.45) is 0 Å². The minimum Gasteiger partial charge on any atom is -0.358 e. The van der Waals surface area contributed by atoms with Gasteiger partial charge in [-0.25, -0.2) is 0 Å². The van der Waals surface area contributed by atoms with Gasteiger partial charge in [-0.15, -0.1) is 0 Å². The zero-order valence-corrected chi connectivity index (χ0v) is 10.7. The molecule has 0 saturated carbocycles. The first-order chi connectivity index (χ1) is 8.84. The van der Waals surface area contributed by atoms with Crippen LogP contribution >= 0.6 is 0 Å². The van der Waals surface area contributed by atoms with E-state index in [1.807, 2.05) is 0 Å². The number of hydrogen-bond donors (Lipinski definition) is 1. The third-order valence-corrected chi connectivity index (χ3v) is 4.38. The van der Waals surface area contributed by atoms with Crippen LogP contribution in [0.15, 0.2) is 36.4 Å². The van der Waals surface area contributed by atoms with Crippen LogP contribution in [0.1, 0.15) is 36.9 Å². The van der Waals surface area contributed by atoms with Crippen molar-refractivity contribution in [3.8, 4) is 0 Å². The van der Waals surface area contributed by atoms with Gasteiger partial charge < -0.3 is 4.98 Å². The second-order valence-corrected chi connectivity index (χ2v) is 5.52. The Bertz CT molecular complexity index is 736. The van der Waals surface area contributed by atoms with E-state index in [-0.39, 0.29) is 0 Å². The Labute approximate surface area is 107 Å². The van der Waals surface area contributed by atoms with Crippen molar-refractivity contribution >= 4 is 21.7 Å². The molecule has 2 aromatic carbocycles. The van der Waals surface area contributed by atoms with Gasteiger partial charge in [-0.3, -0.25) is 0 Å². The van der Waals surface area contributed by atoms with E-state index in [2.05, 4.69) is 48.3 Å². The maximum absolute atomic E-state index is 3.66. The average Bonchev–Trinajstić information content (AvgIpc) is 2.79. The van der Waals surface area contributed by atoms with Crippen LogP contribution in [0.3, 0.4) is 0 Å². The van der Waals surface area contributed by atoms with E-state index >= 15 is 0 Å². The largest absolute Gasteiger partial charge is 0.358 e. The summed E-state index contributed by atoms with van der Waals surface area (Å²) in [5.74, 6) is 0.680. The molecule has 0 fully saturated rings. The van der Waals surface area contributed by atoms with E-state index in [9.17, 15) is 0 Å². The van der Waals surface area contributed by atoms with Crippen molar-refractivity contribution in [3.05, 3.63) is 47.7 Å². The summed E-state index contributed by atoms with van der Waals surface area (Å²) in [7, 11) is 0. The zero-order chi connectivity index (χ0) is 12.1. The van der Waals surface area contributed by atoms with Crippen molar-refractivity contribution in [1.82, 2.24) is 4.98 Å². The van der Waals surface area contributed by atoms with Crippen LogP contribution < -0.4 is 0 Å². The Kier molecular flexibility index (Phi) is 2.05. The molecule has 90 valence electrons. The summed E-state index contributed by atoms with van der Waals surface area (Å²) in [5, 5.41) is 4.22. The molecule has 1 aromatic heterocycles. The van der Waals surface area contributed by atoms with Crippen molar-refractivity contribution in [3.63, 3.8) is 0 Å². The Morgan fingerprint density at radius 2 is 2.00 bits per heavy atom. The van der Waals surface area contributed by atoms with Crippen LogP contribution in [0.4, 0.5) is 0 Å². The lowest BCUT2D eigenvalue weighted by molar-refractivity contribution is 0.582. The van der Waals surface area contributed by atoms with Crippen LogP contribution in [-0.2, 0) is 6.42 Å². The molecule has 3 aromatic rings. The molecule has 0 unspecified atom stereocenters. The number of aryl methyl sites for hydroxylation is 1. The zero-order valence-electron chi connectivity index (χ0n) is 10.7. The number of H-pyrrole nitrogens is 1. The highest BCUT2D eigenvalue weighted by Crippen LogP contribution is 2.38. The van der Waals surface area contributed by atoms with Gasteiger partial charge in [-0.2, -0.15) is 0 Å². The summed E-state index contributed by atoms with van der Waals surface area (Å²) in [6.45, 7) is 2.34. The molecule has 1 N–H and O–H groups in total. The SMILES string of the molecule is C[C@H]1CCCc2c1[nH]c1ccc3ccccc3c21. The smallest absolute Gasteiger partial charge is 0.0465 e. The Balaban J connectivity index is 2.18. The van der Waals surface area contributed by atoms with Gasteiger partial charge in [0.2, 0.25) is 0 Å². The lowest BCUT2D eigenvalue weighted by Crippen LogP contribution is -2.05. The number of aromatic nitrogens is 1. The summed E-state index contributed by atoms with van der Waals surface area (Å²) >= 11 is 0. The van der Waals surface area contributed by atoms with Crippen molar-refractivity contribution in [2.45, 2.75) is 32.1 Å². The van der Waals surface area contributed by atoms with E-state index in [1.165, 1.54) is 46.6 Å². The van der Waals surface area contributed by atoms with Crippen LogP contribution in [0, 0.1) is 0 Å². The van der Waals surface area contributed by atoms with Crippen molar-refractivity contribution in [2.75, 3.05) is 0 Å². The van der Waals surface area contributed by atoms with E-state index in [1.54, 1.807) is 5.56 Å². The standard InChI is InChI=1S/C17H17N/c1-11-5-4-8-14-16-13-7-3-2-6-12(13)9-10-15(16)18-17(11)14/h2-3,6-7,9-11,18H,4-5,8H2,1H3/t11-/m0/s1. The normalized spacial score (nSPS) is 19.3. The number of nitrogens with one attached hydrogen (secondary N) is 1. The summed E-state index contributed by atoms with van der Waals surface area (Å²) in [4.78, 5) is 3.66. The van der Waals surface area contributed by atoms with E-state index in [4.69, 9.17) is 0 Å². The first-order valence-corrected chi connectivity index (χ1v) is 6.87. The van der Waals surface area contributed by atoms with Crippen LogP contribution in [-0.4, -0.2) is 4.98 Å². The Morgan fingerprint density at radius 3 is 2.94 bits per heavy atom. The monoisotopic (exact) mass is 235 g/mol. The Hall–Kier alpha value is -1.76.